The van der Waals surface area contributed by atoms with Crippen molar-refractivity contribution in [3.05, 3.63) is 70.2 Å². The van der Waals surface area contributed by atoms with Crippen LogP contribution in [0.2, 0.25) is 0 Å². The monoisotopic (exact) mass is 317 g/mol. The van der Waals surface area contributed by atoms with Crippen LogP contribution in [0.4, 0.5) is 0 Å². The van der Waals surface area contributed by atoms with Crippen LogP contribution in [0.5, 0.6) is 0 Å². The minimum Gasteiger partial charge on any atom is -0.303 e. The first-order valence-electron chi connectivity index (χ1n) is 6.77. The summed E-state index contributed by atoms with van der Waals surface area (Å²) in [5.74, 6) is 0. The van der Waals surface area contributed by atoms with Crippen LogP contribution in [0.25, 0.3) is 0 Å². The smallest absolute Gasteiger partial charge is 0.0323 e. The molecule has 100 valence electrons. The zero-order chi connectivity index (χ0) is 13.7. The van der Waals surface area contributed by atoms with Gasteiger partial charge in [0.2, 0.25) is 0 Å². The fourth-order valence-corrected chi connectivity index (χ4v) is 2.55. The molecule has 0 aliphatic carbocycles. The summed E-state index contributed by atoms with van der Waals surface area (Å²) in [6.07, 6.45) is 1.08. The van der Waals surface area contributed by atoms with Crippen molar-refractivity contribution in [3.63, 3.8) is 0 Å². The van der Waals surface area contributed by atoms with Crippen molar-refractivity contribution in [1.82, 2.24) is 5.32 Å². The van der Waals surface area contributed by atoms with Gasteiger partial charge in [0, 0.05) is 16.6 Å². The fraction of sp³-hybridized carbons (Fsp3) is 0.294. The van der Waals surface area contributed by atoms with Crippen molar-refractivity contribution in [2.75, 3.05) is 0 Å². The zero-order valence-corrected chi connectivity index (χ0v) is 13.0. The first-order chi connectivity index (χ1) is 9.20. The molecule has 1 unspecified atom stereocenters. The van der Waals surface area contributed by atoms with Crippen LogP contribution < -0.4 is 5.32 Å². The van der Waals surface area contributed by atoms with Gasteiger partial charge in [-0.3, -0.25) is 0 Å². The van der Waals surface area contributed by atoms with Crippen LogP contribution in [0.15, 0.2) is 59.1 Å². The standard InChI is InChI=1S/C17H20BrN/c1-3-17(15-9-11-16(18)12-10-15)19-13(2)14-7-5-4-6-8-14/h4-13,17,19H,3H2,1-2H3/t13-,17?/m0/s1. The summed E-state index contributed by atoms with van der Waals surface area (Å²) in [4.78, 5) is 0. The van der Waals surface area contributed by atoms with E-state index in [1.807, 2.05) is 0 Å². The summed E-state index contributed by atoms with van der Waals surface area (Å²) in [6.45, 7) is 4.44. The topological polar surface area (TPSA) is 12.0 Å². The van der Waals surface area contributed by atoms with Gasteiger partial charge in [0.1, 0.15) is 0 Å². The molecule has 2 rings (SSSR count). The molecule has 0 aliphatic rings. The molecule has 1 nitrogen and oxygen atoms in total. The largest absolute Gasteiger partial charge is 0.303 e. The summed E-state index contributed by atoms with van der Waals surface area (Å²) >= 11 is 3.48. The molecule has 0 aliphatic heterocycles. The molecule has 0 spiro atoms. The Morgan fingerprint density at radius 1 is 0.947 bits per heavy atom. The number of nitrogens with one attached hydrogen (secondary N) is 1. The molecule has 0 heterocycles. The molecule has 2 aromatic rings. The van der Waals surface area contributed by atoms with E-state index in [-0.39, 0.29) is 0 Å². The molecule has 2 aromatic carbocycles. The van der Waals surface area contributed by atoms with Gasteiger partial charge in [0.25, 0.3) is 0 Å². The van der Waals surface area contributed by atoms with Crippen LogP contribution in [-0.2, 0) is 0 Å². The Labute approximate surface area is 124 Å². The van der Waals surface area contributed by atoms with E-state index in [1.165, 1.54) is 11.1 Å². The molecule has 19 heavy (non-hydrogen) atoms. The minimum atomic E-state index is 0.356. The van der Waals surface area contributed by atoms with E-state index in [4.69, 9.17) is 0 Å². The highest BCUT2D eigenvalue weighted by atomic mass is 79.9. The van der Waals surface area contributed by atoms with Crippen LogP contribution >= 0.6 is 15.9 Å². The lowest BCUT2D eigenvalue weighted by Crippen LogP contribution is -2.24. The summed E-state index contributed by atoms with van der Waals surface area (Å²) in [7, 11) is 0. The van der Waals surface area contributed by atoms with Gasteiger partial charge in [-0.25, -0.2) is 0 Å². The minimum absolute atomic E-state index is 0.356. The number of hydrogen-bond donors (Lipinski definition) is 1. The predicted molar refractivity (Wildman–Crippen MR) is 85.2 cm³/mol. The number of rotatable bonds is 5. The highest BCUT2D eigenvalue weighted by molar-refractivity contribution is 9.10. The van der Waals surface area contributed by atoms with E-state index < -0.39 is 0 Å². The molecule has 2 heteroatoms. The maximum absolute atomic E-state index is 3.70. The zero-order valence-electron chi connectivity index (χ0n) is 11.4. The molecule has 0 amide bonds. The molecule has 0 saturated carbocycles. The average Bonchev–Trinajstić information content (AvgIpc) is 2.46. The number of benzene rings is 2. The third-order valence-corrected chi connectivity index (χ3v) is 3.96. The van der Waals surface area contributed by atoms with E-state index in [0.29, 0.717) is 12.1 Å². The SMILES string of the molecule is CCC(N[C@@H](C)c1ccccc1)c1ccc(Br)cc1. The Morgan fingerprint density at radius 2 is 1.58 bits per heavy atom. The quantitative estimate of drug-likeness (QED) is 0.794. The van der Waals surface area contributed by atoms with Crippen LogP contribution in [0.1, 0.15) is 43.5 Å². The van der Waals surface area contributed by atoms with E-state index in [2.05, 4.69) is 89.7 Å². The lowest BCUT2D eigenvalue weighted by Gasteiger charge is -2.23. The van der Waals surface area contributed by atoms with Crippen LogP contribution in [0, 0.1) is 0 Å². The third kappa shape index (κ3) is 3.92. The van der Waals surface area contributed by atoms with E-state index in [1.54, 1.807) is 0 Å². The van der Waals surface area contributed by atoms with Crippen molar-refractivity contribution in [3.8, 4) is 0 Å². The van der Waals surface area contributed by atoms with Gasteiger partial charge in [0.15, 0.2) is 0 Å². The molecule has 0 bridgehead atoms. The third-order valence-electron chi connectivity index (χ3n) is 3.43. The van der Waals surface area contributed by atoms with Crippen LogP contribution in [0.3, 0.4) is 0 Å². The molecule has 0 aromatic heterocycles. The van der Waals surface area contributed by atoms with Gasteiger partial charge >= 0.3 is 0 Å². The number of halogens is 1. The van der Waals surface area contributed by atoms with Gasteiger partial charge in [-0.05, 0) is 36.6 Å². The molecular formula is C17H20BrN. The van der Waals surface area contributed by atoms with Gasteiger partial charge < -0.3 is 5.32 Å². The van der Waals surface area contributed by atoms with Crippen molar-refractivity contribution in [2.45, 2.75) is 32.4 Å². The fourth-order valence-electron chi connectivity index (χ4n) is 2.28. The Morgan fingerprint density at radius 3 is 2.16 bits per heavy atom. The first-order valence-corrected chi connectivity index (χ1v) is 7.56. The van der Waals surface area contributed by atoms with Crippen LogP contribution in [-0.4, -0.2) is 0 Å². The molecule has 0 radical (unpaired) electrons. The Bertz CT molecular complexity index is 492. The van der Waals surface area contributed by atoms with Crippen molar-refractivity contribution >= 4 is 15.9 Å². The lowest BCUT2D eigenvalue weighted by atomic mass is 10.0. The molecular weight excluding hydrogens is 298 g/mol. The number of hydrogen-bond acceptors (Lipinski definition) is 1. The maximum atomic E-state index is 3.70. The molecule has 0 saturated heterocycles. The van der Waals surface area contributed by atoms with Crippen molar-refractivity contribution < 1.29 is 0 Å². The Balaban J connectivity index is 2.09. The first kappa shape index (κ1) is 14.3. The normalized spacial score (nSPS) is 14.1. The van der Waals surface area contributed by atoms with E-state index in [0.717, 1.165) is 10.9 Å². The van der Waals surface area contributed by atoms with Gasteiger partial charge in [0.05, 0.1) is 0 Å². The summed E-state index contributed by atoms with van der Waals surface area (Å²) in [6, 6.07) is 19.9. The molecule has 1 N–H and O–H groups in total. The van der Waals surface area contributed by atoms with Gasteiger partial charge in [-0.2, -0.15) is 0 Å². The second kappa shape index (κ2) is 6.88. The maximum Gasteiger partial charge on any atom is 0.0323 e. The van der Waals surface area contributed by atoms with E-state index in [9.17, 15) is 0 Å². The van der Waals surface area contributed by atoms with E-state index >= 15 is 0 Å². The predicted octanol–water partition coefficient (Wildman–Crippen LogP) is 5.25. The average molecular weight is 318 g/mol. The Hall–Kier alpha value is -1.12. The molecule has 0 fully saturated rings. The van der Waals surface area contributed by atoms with Gasteiger partial charge in [-0.1, -0.05) is 65.3 Å². The molecule has 2 atom stereocenters. The lowest BCUT2D eigenvalue weighted by molar-refractivity contribution is 0.456. The highest BCUT2D eigenvalue weighted by Crippen LogP contribution is 2.23. The highest BCUT2D eigenvalue weighted by Gasteiger charge is 2.13. The summed E-state index contributed by atoms with van der Waals surface area (Å²) in [5, 5.41) is 3.70. The second-order valence-electron chi connectivity index (χ2n) is 4.81. The Kier molecular flexibility index (Phi) is 5.17. The summed E-state index contributed by atoms with van der Waals surface area (Å²) in [5.41, 5.74) is 2.67. The summed E-state index contributed by atoms with van der Waals surface area (Å²) < 4.78 is 1.13. The second-order valence-corrected chi connectivity index (χ2v) is 5.73. The van der Waals surface area contributed by atoms with Crippen molar-refractivity contribution in [2.24, 2.45) is 0 Å². The van der Waals surface area contributed by atoms with Crippen molar-refractivity contribution in [1.29, 1.82) is 0 Å². The van der Waals surface area contributed by atoms with Gasteiger partial charge in [-0.15, -0.1) is 0 Å².